The minimum absolute atomic E-state index is 0.0429. The van der Waals surface area contributed by atoms with Gasteiger partial charge in [-0.3, -0.25) is 24.6 Å². The molecule has 210 valence electrons. The molecule has 4 N–H and O–H groups in total. The highest BCUT2D eigenvalue weighted by Gasteiger charge is 2.54. The van der Waals surface area contributed by atoms with Crippen LogP contribution in [-0.2, 0) is 20.8 Å². The van der Waals surface area contributed by atoms with Gasteiger partial charge in [0.15, 0.2) is 10.9 Å². The number of hydrogen-bond donors (Lipinski definition) is 3. The first kappa shape index (κ1) is 27.7. The number of nitrogens with zero attached hydrogens (tertiary/aromatic N) is 5. The van der Waals surface area contributed by atoms with E-state index in [0.717, 1.165) is 28.6 Å². The second-order valence-corrected chi connectivity index (χ2v) is 10.8. The van der Waals surface area contributed by atoms with E-state index >= 15 is 0 Å². The monoisotopic (exact) mass is 599 g/mol. The number of hydrogen-bond acceptors (Lipinski definition) is 12. The Morgan fingerprint density at radius 2 is 1.93 bits per heavy atom. The van der Waals surface area contributed by atoms with Gasteiger partial charge in [-0.15, -0.1) is 11.8 Å². The highest BCUT2D eigenvalue weighted by molar-refractivity contribution is 8.00. The molecule has 1 saturated heterocycles. The van der Waals surface area contributed by atoms with Crippen molar-refractivity contribution in [3.63, 3.8) is 0 Å². The quantitative estimate of drug-likeness (QED) is 0.140. The third-order valence-electron chi connectivity index (χ3n) is 5.97. The van der Waals surface area contributed by atoms with Crippen LogP contribution in [0.1, 0.15) is 11.4 Å². The van der Waals surface area contributed by atoms with Crippen molar-refractivity contribution in [2.24, 2.45) is 5.16 Å². The third-order valence-corrected chi connectivity index (χ3v) is 7.93. The molecule has 5 rings (SSSR count). The number of nitro benzene ring substituents is 1. The van der Waals surface area contributed by atoms with Gasteiger partial charge in [0.1, 0.15) is 22.9 Å². The Morgan fingerprint density at radius 1 is 1.22 bits per heavy atom. The number of thioether (sulfide) groups is 1. The van der Waals surface area contributed by atoms with Gasteiger partial charge >= 0.3 is 5.97 Å². The molecule has 41 heavy (non-hydrogen) atoms. The highest BCUT2D eigenvalue weighted by Crippen LogP contribution is 2.42. The number of rotatable bonds is 9. The standard InChI is InChI=1S/C24H18FN7O7S2/c25-12-3-7-14(8-4-12)39-29-17(19-28-24(26)41-30-19)20(33)27-18-21(34)31-16(23(35)36)10-15(40-22(18)31)9-11-1-5-13(6-2-11)32(37)38/h1-8,10,15,18,22H,9H2,(H,27,33)(H,35,36)(H2,26,28,30)/t15?,18?,22-/m1/s1. The van der Waals surface area contributed by atoms with Crippen molar-refractivity contribution in [3.05, 3.63) is 87.6 Å². The van der Waals surface area contributed by atoms with E-state index in [9.17, 15) is 34.0 Å². The number of amides is 2. The number of carbonyl (C=O) groups is 3. The van der Waals surface area contributed by atoms with Crippen molar-refractivity contribution in [1.82, 2.24) is 19.6 Å². The molecule has 2 unspecified atom stereocenters. The van der Waals surface area contributed by atoms with Crippen LogP contribution in [0, 0.1) is 15.9 Å². The highest BCUT2D eigenvalue weighted by atomic mass is 32.2. The van der Waals surface area contributed by atoms with E-state index in [1.165, 1.54) is 42.1 Å². The first-order valence-corrected chi connectivity index (χ1v) is 13.4. The van der Waals surface area contributed by atoms with Crippen LogP contribution in [0.25, 0.3) is 0 Å². The second kappa shape index (κ2) is 11.3. The third kappa shape index (κ3) is 5.85. The summed E-state index contributed by atoms with van der Waals surface area (Å²) >= 11 is 2.05. The number of aliphatic carboxylic acids is 1. The maximum atomic E-state index is 13.3. The van der Waals surface area contributed by atoms with E-state index in [2.05, 4.69) is 19.8 Å². The zero-order valence-electron chi connectivity index (χ0n) is 20.5. The molecule has 0 saturated carbocycles. The molecule has 3 aromatic rings. The van der Waals surface area contributed by atoms with Crippen LogP contribution in [-0.4, -0.2) is 64.4 Å². The normalized spacial score (nSPS) is 20.0. The Balaban J connectivity index is 1.35. The summed E-state index contributed by atoms with van der Waals surface area (Å²) in [7, 11) is 0. The molecule has 2 aromatic carbocycles. The number of aromatic nitrogens is 2. The van der Waals surface area contributed by atoms with Gasteiger partial charge in [0.25, 0.3) is 17.5 Å². The molecular weight excluding hydrogens is 581 g/mol. The number of carboxylic acid groups (broad SMARTS) is 1. The molecule has 0 spiro atoms. The number of nitrogens with two attached hydrogens (primary N) is 1. The summed E-state index contributed by atoms with van der Waals surface area (Å²) in [5, 5.41) is 25.9. The first-order valence-electron chi connectivity index (χ1n) is 11.7. The Kier molecular flexibility index (Phi) is 7.62. The van der Waals surface area contributed by atoms with Crippen LogP contribution in [0.4, 0.5) is 15.2 Å². The molecule has 0 aliphatic carbocycles. The Hall–Kier alpha value is -4.90. The van der Waals surface area contributed by atoms with Gasteiger partial charge in [0, 0.05) is 28.9 Å². The number of fused-ring (bicyclic) bond motifs is 1. The fraction of sp³-hybridized carbons (Fsp3) is 0.167. The fourth-order valence-corrected chi connectivity index (χ4v) is 6.02. The summed E-state index contributed by atoms with van der Waals surface area (Å²) in [6, 6.07) is 9.55. The smallest absolute Gasteiger partial charge is 0.352 e. The minimum Gasteiger partial charge on any atom is -0.477 e. The summed E-state index contributed by atoms with van der Waals surface area (Å²) < 4.78 is 17.2. The van der Waals surface area contributed by atoms with Crippen molar-refractivity contribution in [1.29, 1.82) is 0 Å². The number of nitrogens with one attached hydrogen (secondary N) is 1. The molecule has 17 heteroatoms. The number of non-ortho nitro benzene ring substituents is 1. The number of β-lactam (4-membered cyclic amide) rings is 1. The van der Waals surface area contributed by atoms with Crippen molar-refractivity contribution < 1.29 is 33.6 Å². The lowest BCUT2D eigenvalue weighted by Gasteiger charge is -2.49. The van der Waals surface area contributed by atoms with Crippen molar-refractivity contribution in [3.8, 4) is 5.75 Å². The molecule has 2 aliphatic heterocycles. The molecule has 0 radical (unpaired) electrons. The van der Waals surface area contributed by atoms with Gasteiger partial charge in [-0.2, -0.15) is 9.36 Å². The number of anilines is 1. The lowest BCUT2D eigenvalue weighted by Crippen LogP contribution is -2.71. The van der Waals surface area contributed by atoms with Crippen LogP contribution in [0.3, 0.4) is 0 Å². The second-order valence-electron chi connectivity index (χ2n) is 8.65. The van der Waals surface area contributed by atoms with E-state index in [-0.39, 0.29) is 28.1 Å². The summed E-state index contributed by atoms with van der Waals surface area (Å²) in [6.07, 6.45) is 1.76. The molecule has 14 nitrogen and oxygen atoms in total. The van der Waals surface area contributed by atoms with Crippen LogP contribution in [0.5, 0.6) is 5.75 Å². The van der Waals surface area contributed by atoms with Crippen LogP contribution in [0.15, 0.2) is 65.5 Å². The molecule has 3 atom stereocenters. The zero-order chi connectivity index (χ0) is 29.3. The van der Waals surface area contributed by atoms with Crippen molar-refractivity contribution in [2.45, 2.75) is 23.1 Å². The SMILES string of the molecule is Nc1nc(C(=NOc2ccc(F)cc2)C(=O)NC2C(=O)N3C(C(=O)O)=CC(Cc4ccc([N+](=O)[O-])cc4)S[C@H]23)ns1. The first-order chi connectivity index (χ1) is 19.6. The predicted octanol–water partition coefficient (Wildman–Crippen LogP) is 1.93. The van der Waals surface area contributed by atoms with Crippen LogP contribution in [0.2, 0.25) is 0 Å². The van der Waals surface area contributed by atoms with Gasteiger partial charge in [0.05, 0.1) is 4.92 Å². The van der Waals surface area contributed by atoms with Gasteiger partial charge in [0.2, 0.25) is 11.5 Å². The average Bonchev–Trinajstić information content (AvgIpc) is 3.38. The summed E-state index contributed by atoms with van der Waals surface area (Å²) in [4.78, 5) is 58.9. The van der Waals surface area contributed by atoms with Gasteiger partial charge < -0.3 is 21.0 Å². The summed E-state index contributed by atoms with van der Waals surface area (Å²) in [5.74, 6) is -3.43. The topological polar surface area (TPSA) is 203 Å². The molecular formula is C24H18FN7O7S2. The minimum atomic E-state index is -1.32. The zero-order valence-corrected chi connectivity index (χ0v) is 22.2. The largest absolute Gasteiger partial charge is 0.477 e. The van der Waals surface area contributed by atoms with Crippen LogP contribution < -0.4 is 15.9 Å². The van der Waals surface area contributed by atoms with E-state index in [1.807, 2.05) is 0 Å². The van der Waals surface area contributed by atoms with Crippen molar-refractivity contribution >= 4 is 57.6 Å². The van der Waals surface area contributed by atoms with E-state index in [4.69, 9.17) is 10.6 Å². The van der Waals surface area contributed by atoms with E-state index in [0.29, 0.717) is 12.0 Å². The van der Waals surface area contributed by atoms with Gasteiger partial charge in [-0.25, -0.2) is 9.18 Å². The maximum Gasteiger partial charge on any atom is 0.352 e. The summed E-state index contributed by atoms with van der Waals surface area (Å²) in [6.45, 7) is 0. The molecule has 2 aliphatic rings. The Bertz CT molecular complexity index is 1590. The number of benzene rings is 2. The summed E-state index contributed by atoms with van der Waals surface area (Å²) in [5.41, 5.74) is 5.64. The lowest BCUT2D eigenvalue weighted by atomic mass is 10.0. The molecule has 1 fully saturated rings. The predicted molar refractivity (Wildman–Crippen MR) is 144 cm³/mol. The Morgan fingerprint density at radius 3 is 2.54 bits per heavy atom. The van der Waals surface area contributed by atoms with E-state index in [1.54, 1.807) is 12.1 Å². The van der Waals surface area contributed by atoms with Gasteiger partial charge in [-0.05, 0) is 42.3 Å². The lowest BCUT2D eigenvalue weighted by molar-refractivity contribution is -0.384. The number of halogens is 1. The number of oxime groups is 1. The molecule has 2 amide bonds. The Labute approximate surface area is 238 Å². The molecule has 3 heterocycles. The fourth-order valence-electron chi connectivity index (χ4n) is 4.05. The van der Waals surface area contributed by atoms with Crippen molar-refractivity contribution in [2.75, 3.05) is 5.73 Å². The van der Waals surface area contributed by atoms with E-state index < -0.39 is 50.9 Å². The number of carbonyl (C=O) groups excluding carboxylic acids is 2. The number of nitro groups is 1. The number of carboxylic acids is 1. The molecule has 0 bridgehead atoms. The van der Waals surface area contributed by atoms with Crippen LogP contribution >= 0.6 is 23.3 Å². The average molecular weight is 600 g/mol. The maximum absolute atomic E-state index is 13.3. The number of nitrogen functional groups attached to an aromatic ring is 1. The molecule has 1 aromatic heterocycles. The van der Waals surface area contributed by atoms with Gasteiger partial charge in [-0.1, -0.05) is 17.3 Å².